The molecule has 3 fully saturated rings. The van der Waals surface area contributed by atoms with E-state index in [1.807, 2.05) is 0 Å². The number of thioether (sulfide) groups is 1. The fourth-order valence-electron chi connectivity index (χ4n) is 8.48. The van der Waals surface area contributed by atoms with Crippen molar-refractivity contribution in [2.24, 2.45) is 29.6 Å². The lowest BCUT2D eigenvalue weighted by Crippen LogP contribution is -2.42. The number of carbonyl (C=O) groups excluding carboxylic acids is 3. The normalized spacial score (nSPS) is 25.8. The van der Waals surface area contributed by atoms with Crippen LogP contribution in [0.25, 0.3) is 0 Å². The first-order valence-corrected chi connectivity index (χ1v) is 17.8. The summed E-state index contributed by atoms with van der Waals surface area (Å²) < 4.78 is 50.7. The van der Waals surface area contributed by atoms with Gasteiger partial charge in [-0.1, -0.05) is 23.5 Å². The standard InChI is InChI=1S/C35H27F3N4O8S2/c1-49-23-11-15(5-10-22(23)50-14-24(43)39-17-4-2-3-16(12-17)35(36,37)38)25-26-20-13-21(29(26)51-31-30(25)52-34(46)40-31)28-27(20)32(44)41(33(28)45)18-6-8-19(9-7-18)42(47)48/h2-12,20-21,25-29H,13-14H2,1H3,(H,39,43)(H,40,46)/t20-,21-,25+,26-,27+,28+,29-/m1/s1. The highest BCUT2D eigenvalue weighted by atomic mass is 32.2. The molecule has 4 aromatic rings. The van der Waals surface area contributed by atoms with E-state index in [9.17, 15) is 42.5 Å². The smallest absolute Gasteiger partial charge is 0.416 e. The minimum absolute atomic E-state index is 0.0387. The zero-order valence-corrected chi connectivity index (χ0v) is 28.6. The number of carbonyl (C=O) groups is 3. The molecule has 1 saturated heterocycles. The van der Waals surface area contributed by atoms with E-state index < -0.39 is 41.0 Å². The number of H-pyrrole nitrogens is 1. The summed E-state index contributed by atoms with van der Waals surface area (Å²) in [6, 6.07) is 14.8. The molecule has 8 rings (SSSR count). The third kappa shape index (κ3) is 5.53. The number of alkyl halides is 3. The third-order valence-corrected chi connectivity index (χ3v) is 13.0. The maximum absolute atomic E-state index is 14.0. The number of nitro groups is 1. The van der Waals surface area contributed by atoms with Crippen LogP contribution in [0.1, 0.15) is 28.3 Å². The molecule has 3 amide bonds. The number of rotatable bonds is 8. The van der Waals surface area contributed by atoms with Gasteiger partial charge in [-0.05, 0) is 72.2 Å². The summed E-state index contributed by atoms with van der Waals surface area (Å²) in [7, 11) is 1.42. The topological polar surface area (TPSA) is 161 Å². The van der Waals surface area contributed by atoms with Gasteiger partial charge in [-0.15, -0.1) is 11.8 Å². The molecular weight excluding hydrogens is 726 g/mol. The number of nitrogens with one attached hydrogen (secondary N) is 2. The highest BCUT2D eigenvalue weighted by Crippen LogP contribution is 2.69. The van der Waals surface area contributed by atoms with Gasteiger partial charge in [0.1, 0.15) is 0 Å². The van der Waals surface area contributed by atoms with Crippen molar-refractivity contribution < 1.29 is 42.0 Å². The first-order valence-electron chi connectivity index (χ1n) is 16.1. The van der Waals surface area contributed by atoms with Gasteiger partial charge in [-0.3, -0.25) is 34.2 Å². The van der Waals surface area contributed by atoms with Crippen LogP contribution < -0.4 is 24.6 Å². The Hall–Kier alpha value is -5.16. The average Bonchev–Trinajstić information content (AvgIpc) is 3.85. The Balaban J connectivity index is 1.06. The minimum atomic E-state index is -4.57. The predicted molar refractivity (Wildman–Crippen MR) is 183 cm³/mol. The second kappa shape index (κ2) is 12.5. The lowest BCUT2D eigenvalue weighted by Gasteiger charge is -2.43. The van der Waals surface area contributed by atoms with E-state index in [0.29, 0.717) is 11.4 Å². The summed E-state index contributed by atoms with van der Waals surface area (Å²) in [5.41, 5.74) is -0.0348. The van der Waals surface area contributed by atoms with Crippen LogP contribution in [0.15, 0.2) is 76.6 Å². The highest BCUT2D eigenvalue weighted by molar-refractivity contribution is 8.00. The van der Waals surface area contributed by atoms with E-state index in [2.05, 4.69) is 10.3 Å². The number of aromatic amines is 1. The Labute approximate surface area is 300 Å². The van der Waals surface area contributed by atoms with Crippen LogP contribution in [0.2, 0.25) is 0 Å². The number of non-ortho nitro benzene ring substituents is 1. The van der Waals surface area contributed by atoms with E-state index >= 15 is 0 Å². The number of aromatic nitrogens is 1. The fourth-order valence-corrected chi connectivity index (χ4v) is 11.4. The monoisotopic (exact) mass is 752 g/mol. The zero-order chi connectivity index (χ0) is 36.6. The van der Waals surface area contributed by atoms with E-state index in [1.54, 1.807) is 18.2 Å². The number of methoxy groups -OCH3 is 1. The number of benzene rings is 3. The minimum Gasteiger partial charge on any atom is -0.493 e. The van der Waals surface area contributed by atoms with Crippen LogP contribution in [0.5, 0.6) is 11.5 Å². The van der Waals surface area contributed by atoms with E-state index in [0.717, 1.165) is 38.8 Å². The summed E-state index contributed by atoms with van der Waals surface area (Å²) >= 11 is 2.61. The van der Waals surface area contributed by atoms with Crippen LogP contribution in [0.3, 0.4) is 0 Å². The molecule has 3 heterocycles. The number of nitrogens with zero attached hydrogens (tertiary/aromatic N) is 2. The Morgan fingerprint density at radius 2 is 1.75 bits per heavy atom. The maximum Gasteiger partial charge on any atom is 0.416 e. The van der Waals surface area contributed by atoms with Crippen LogP contribution >= 0.6 is 23.1 Å². The number of hydrogen-bond acceptors (Lipinski definition) is 10. The first-order chi connectivity index (χ1) is 24.8. The summed E-state index contributed by atoms with van der Waals surface area (Å²) in [6.07, 6.45) is -3.92. The molecule has 2 aliphatic carbocycles. The molecule has 3 aromatic carbocycles. The molecule has 52 heavy (non-hydrogen) atoms. The Morgan fingerprint density at radius 3 is 2.44 bits per heavy atom. The fraction of sp³-hybridized carbons (Fsp3) is 0.314. The van der Waals surface area contributed by atoms with Gasteiger partial charge in [-0.2, -0.15) is 13.2 Å². The van der Waals surface area contributed by atoms with Crippen LogP contribution in [-0.4, -0.2) is 46.6 Å². The van der Waals surface area contributed by atoms with E-state index in [1.165, 1.54) is 55.3 Å². The zero-order valence-electron chi connectivity index (χ0n) is 26.9. The lowest BCUT2D eigenvalue weighted by atomic mass is 9.68. The number of imide groups is 1. The number of amides is 3. The Morgan fingerprint density at radius 1 is 1.02 bits per heavy atom. The second-order valence-corrected chi connectivity index (χ2v) is 15.3. The van der Waals surface area contributed by atoms with Crippen molar-refractivity contribution in [2.75, 3.05) is 23.9 Å². The molecule has 1 aromatic heterocycles. The molecular formula is C35H27F3N4O8S2. The SMILES string of the molecule is COc1cc([C@@H]2c3sc(=O)[nH]c3S[C@@H]3[C@@H]4C[C@@H]([C@@H]5C(=O)N(c6ccc([N+](=O)[O-])cc6)C(=O)[C@@H]45)[C@H]23)ccc1OCC(=O)Nc1cccc(C(F)(F)F)c1. The van der Waals surface area contributed by atoms with Gasteiger partial charge in [0.15, 0.2) is 18.1 Å². The van der Waals surface area contributed by atoms with Gasteiger partial charge in [0, 0.05) is 33.9 Å². The average molecular weight is 753 g/mol. The summed E-state index contributed by atoms with van der Waals surface area (Å²) in [4.78, 5) is 68.5. The van der Waals surface area contributed by atoms with Crippen LogP contribution in [0.4, 0.5) is 30.2 Å². The molecule has 17 heteroatoms. The van der Waals surface area contributed by atoms with Crippen molar-refractivity contribution in [1.82, 2.24) is 4.98 Å². The largest absolute Gasteiger partial charge is 0.493 e. The number of halogens is 3. The number of ether oxygens (including phenoxy) is 2. The number of nitro benzene ring substituents is 1. The molecule has 7 atom stereocenters. The van der Waals surface area contributed by atoms with Gasteiger partial charge in [0.2, 0.25) is 11.8 Å². The molecule has 0 unspecified atom stereocenters. The molecule has 0 spiro atoms. The van der Waals surface area contributed by atoms with E-state index in [-0.39, 0.29) is 74.2 Å². The van der Waals surface area contributed by atoms with Gasteiger partial charge in [0.05, 0.1) is 40.1 Å². The molecule has 2 saturated carbocycles. The summed E-state index contributed by atoms with van der Waals surface area (Å²) in [5.74, 6) is -2.81. The second-order valence-electron chi connectivity index (χ2n) is 13.1. The van der Waals surface area contributed by atoms with Crippen molar-refractivity contribution in [2.45, 2.75) is 28.8 Å². The molecule has 4 aliphatic rings. The van der Waals surface area contributed by atoms with Crippen molar-refractivity contribution >= 4 is 57.9 Å². The number of anilines is 2. The maximum atomic E-state index is 14.0. The predicted octanol–water partition coefficient (Wildman–Crippen LogP) is 6.07. The van der Waals surface area contributed by atoms with Crippen molar-refractivity contribution in [3.05, 3.63) is 103 Å². The van der Waals surface area contributed by atoms with Crippen LogP contribution in [-0.2, 0) is 20.6 Å². The Bertz CT molecular complexity index is 2210. The van der Waals surface area contributed by atoms with Gasteiger partial charge < -0.3 is 19.8 Å². The van der Waals surface area contributed by atoms with E-state index in [4.69, 9.17) is 9.47 Å². The molecule has 0 radical (unpaired) electrons. The molecule has 268 valence electrons. The lowest BCUT2D eigenvalue weighted by molar-refractivity contribution is -0.384. The first kappa shape index (κ1) is 34.0. The quantitative estimate of drug-likeness (QED) is 0.124. The molecule has 2 aliphatic heterocycles. The summed E-state index contributed by atoms with van der Waals surface area (Å²) in [6.45, 7) is -0.519. The molecule has 2 bridgehead atoms. The molecule has 12 nitrogen and oxygen atoms in total. The molecule has 2 N–H and O–H groups in total. The number of fused-ring (bicyclic) bond motifs is 9. The number of thiazole rings is 1. The van der Waals surface area contributed by atoms with Gasteiger partial charge in [0.25, 0.3) is 11.6 Å². The van der Waals surface area contributed by atoms with Crippen molar-refractivity contribution in [3.8, 4) is 11.5 Å². The third-order valence-electron chi connectivity index (χ3n) is 10.4. The van der Waals surface area contributed by atoms with Crippen molar-refractivity contribution in [3.63, 3.8) is 0 Å². The summed E-state index contributed by atoms with van der Waals surface area (Å²) in [5, 5.41) is 14.2. The van der Waals surface area contributed by atoms with Crippen molar-refractivity contribution in [1.29, 1.82) is 0 Å². The van der Waals surface area contributed by atoms with Gasteiger partial charge >= 0.3 is 11.0 Å². The van der Waals surface area contributed by atoms with Crippen LogP contribution in [0, 0.1) is 39.7 Å². The number of hydrogen-bond donors (Lipinski definition) is 2. The highest BCUT2D eigenvalue weighted by Gasteiger charge is 2.69. The van der Waals surface area contributed by atoms with Gasteiger partial charge in [-0.25, -0.2) is 0 Å². The Kier molecular flexibility index (Phi) is 8.17.